The van der Waals surface area contributed by atoms with Crippen LogP contribution in [0.2, 0.25) is 0 Å². The zero-order valence-electron chi connectivity index (χ0n) is 15.1. The summed E-state index contributed by atoms with van der Waals surface area (Å²) in [6.45, 7) is 4.17. The SMILES string of the molecule is C[C@@H]1CN(S(=O)(=O)c2cccc(C(=O)Nc3ccc(F)cc3)c2)C[C@@H](C)O1. The first kappa shape index (κ1) is 19.5. The number of hydrogen-bond acceptors (Lipinski definition) is 4. The van der Waals surface area contributed by atoms with Gasteiger partial charge >= 0.3 is 0 Å². The van der Waals surface area contributed by atoms with Crippen molar-refractivity contribution in [3.05, 3.63) is 59.9 Å². The normalized spacial score (nSPS) is 21.0. The van der Waals surface area contributed by atoms with Gasteiger partial charge in [0.05, 0.1) is 17.1 Å². The van der Waals surface area contributed by atoms with E-state index >= 15 is 0 Å². The molecule has 27 heavy (non-hydrogen) atoms. The molecule has 1 N–H and O–H groups in total. The Kier molecular flexibility index (Phi) is 5.59. The molecule has 1 fully saturated rings. The van der Waals surface area contributed by atoms with Gasteiger partial charge in [-0.3, -0.25) is 4.79 Å². The van der Waals surface area contributed by atoms with Crippen molar-refractivity contribution in [3.8, 4) is 0 Å². The first-order valence-electron chi connectivity index (χ1n) is 8.58. The van der Waals surface area contributed by atoms with Crippen LogP contribution in [-0.2, 0) is 14.8 Å². The van der Waals surface area contributed by atoms with Gasteiger partial charge in [0, 0.05) is 24.3 Å². The Labute approximate surface area is 158 Å². The number of ether oxygens (including phenoxy) is 1. The number of hydrogen-bond donors (Lipinski definition) is 1. The topological polar surface area (TPSA) is 75.7 Å². The lowest BCUT2D eigenvalue weighted by molar-refractivity contribution is -0.0440. The fourth-order valence-corrected chi connectivity index (χ4v) is 4.65. The molecule has 0 bridgehead atoms. The van der Waals surface area contributed by atoms with E-state index in [2.05, 4.69) is 5.32 Å². The quantitative estimate of drug-likeness (QED) is 0.868. The lowest BCUT2D eigenvalue weighted by Gasteiger charge is -2.34. The summed E-state index contributed by atoms with van der Waals surface area (Å²) in [6, 6.07) is 11.2. The summed E-state index contributed by atoms with van der Waals surface area (Å²) >= 11 is 0. The van der Waals surface area contributed by atoms with Gasteiger partial charge in [-0.25, -0.2) is 12.8 Å². The van der Waals surface area contributed by atoms with Crippen molar-refractivity contribution < 1.29 is 22.3 Å². The molecule has 2 aromatic carbocycles. The first-order chi connectivity index (χ1) is 12.8. The molecule has 0 aliphatic carbocycles. The predicted molar refractivity (Wildman–Crippen MR) is 99.6 cm³/mol. The van der Waals surface area contributed by atoms with Crippen LogP contribution in [0.1, 0.15) is 24.2 Å². The molecular formula is C19H21FN2O4S. The Bertz CT molecular complexity index is 921. The highest BCUT2D eigenvalue weighted by atomic mass is 32.2. The molecule has 1 aliphatic rings. The summed E-state index contributed by atoms with van der Waals surface area (Å²) in [7, 11) is -3.74. The Hall–Kier alpha value is -2.29. The number of anilines is 1. The number of nitrogens with zero attached hydrogens (tertiary/aromatic N) is 1. The summed E-state index contributed by atoms with van der Waals surface area (Å²) in [5, 5.41) is 2.62. The number of carbonyl (C=O) groups is 1. The lowest BCUT2D eigenvalue weighted by atomic mass is 10.2. The number of amides is 1. The van der Waals surface area contributed by atoms with Crippen molar-refractivity contribution in [2.24, 2.45) is 0 Å². The lowest BCUT2D eigenvalue weighted by Crippen LogP contribution is -2.48. The second kappa shape index (κ2) is 7.75. The number of rotatable bonds is 4. The predicted octanol–water partition coefficient (Wildman–Crippen LogP) is 2.88. The van der Waals surface area contributed by atoms with E-state index in [0.717, 1.165) is 0 Å². The molecule has 0 radical (unpaired) electrons. The molecule has 0 unspecified atom stereocenters. The summed E-state index contributed by atoms with van der Waals surface area (Å²) in [4.78, 5) is 12.5. The molecular weight excluding hydrogens is 371 g/mol. The van der Waals surface area contributed by atoms with Crippen molar-refractivity contribution >= 4 is 21.6 Å². The third kappa shape index (κ3) is 4.52. The minimum Gasteiger partial charge on any atom is -0.373 e. The van der Waals surface area contributed by atoms with Crippen LogP contribution in [0.5, 0.6) is 0 Å². The van der Waals surface area contributed by atoms with Gasteiger partial charge in [0.15, 0.2) is 0 Å². The van der Waals surface area contributed by atoms with Crippen molar-refractivity contribution in [2.45, 2.75) is 31.0 Å². The molecule has 0 aromatic heterocycles. The van der Waals surface area contributed by atoms with Crippen molar-refractivity contribution in [2.75, 3.05) is 18.4 Å². The molecule has 1 saturated heterocycles. The van der Waals surface area contributed by atoms with Crippen LogP contribution in [0.4, 0.5) is 10.1 Å². The zero-order chi connectivity index (χ0) is 19.6. The van der Waals surface area contributed by atoms with E-state index in [9.17, 15) is 17.6 Å². The average molecular weight is 392 g/mol. The Morgan fingerprint density at radius 1 is 1.11 bits per heavy atom. The highest BCUT2D eigenvalue weighted by molar-refractivity contribution is 7.89. The van der Waals surface area contributed by atoms with Crippen LogP contribution in [0.25, 0.3) is 0 Å². The second-order valence-corrected chi connectivity index (χ2v) is 8.51. The third-order valence-electron chi connectivity index (χ3n) is 4.22. The van der Waals surface area contributed by atoms with Crippen LogP contribution >= 0.6 is 0 Å². The number of morpholine rings is 1. The van der Waals surface area contributed by atoms with Crippen LogP contribution < -0.4 is 5.32 Å². The number of nitrogens with one attached hydrogen (secondary N) is 1. The number of benzene rings is 2. The number of carbonyl (C=O) groups excluding carboxylic acids is 1. The van der Waals surface area contributed by atoms with Gasteiger partial charge in [-0.05, 0) is 56.3 Å². The fraction of sp³-hybridized carbons (Fsp3) is 0.316. The molecule has 8 heteroatoms. The molecule has 0 spiro atoms. The van der Waals surface area contributed by atoms with Gasteiger partial charge in [0.2, 0.25) is 10.0 Å². The van der Waals surface area contributed by atoms with E-state index in [0.29, 0.717) is 5.69 Å². The summed E-state index contributed by atoms with van der Waals surface area (Å²) in [5.74, 6) is -0.877. The van der Waals surface area contributed by atoms with Crippen LogP contribution in [0.15, 0.2) is 53.4 Å². The van der Waals surface area contributed by atoms with Crippen molar-refractivity contribution in [1.82, 2.24) is 4.31 Å². The molecule has 144 valence electrons. The highest BCUT2D eigenvalue weighted by Gasteiger charge is 2.32. The molecule has 1 aliphatic heterocycles. The monoisotopic (exact) mass is 392 g/mol. The number of sulfonamides is 1. The molecule has 6 nitrogen and oxygen atoms in total. The maximum absolute atomic E-state index is 13.0. The fourth-order valence-electron chi connectivity index (χ4n) is 3.01. The van der Waals surface area contributed by atoms with E-state index in [1.165, 1.54) is 52.8 Å². The standard InChI is InChI=1S/C19H21FN2O4S/c1-13-11-22(12-14(2)26-13)27(24,25)18-5-3-4-15(10-18)19(23)21-17-8-6-16(20)7-9-17/h3-10,13-14H,11-12H2,1-2H3,(H,21,23)/t13-,14-/m1/s1. The van der Waals surface area contributed by atoms with Gasteiger partial charge in [0.1, 0.15) is 5.82 Å². The Morgan fingerprint density at radius 3 is 2.37 bits per heavy atom. The Morgan fingerprint density at radius 2 is 1.74 bits per heavy atom. The maximum Gasteiger partial charge on any atom is 0.255 e. The van der Waals surface area contributed by atoms with Crippen LogP contribution in [0, 0.1) is 5.82 Å². The van der Waals surface area contributed by atoms with E-state index < -0.39 is 21.7 Å². The van der Waals surface area contributed by atoms with Crippen LogP contribution in [0.3, 0.4) is 0 Å². The summed E-state index contributed by atoms with van der Waals surface area (Å²) in [6.07, 6.45) is -0.401. The van der Waals surface area contributed by atoms with Gasteiger partial charge < -0.3 is 10.1 Å². The van der Waals surface area contributed by atoms with E-state index in [1.54, 1.807) is 0 Å². The molecule has 3 rings (SSSR count). The smallest absolute Gasteiger partial charge is 0.255 e. The van der Waals surface area contributed by atoms with Gasteiger partial charge in [-0.2, -0.15) is 4.31 Å². The van der Waals surface area contributed by atoms with Crippen molar-refractivity contribution in [3.63, 3.8) is 0 Å². The average Bonchev–Trinajstić information content (AvgIpc) is 2.63. The first-order valence-corrected chi connectivity index (χ1v) is 10.0. The minimum atomic E-state index is -3.74. The van der Waals surface area contributed by atoms with Crippen LogP contribution in [-0.4, -0.2) is 43.9 Å². The van der Waals surface area contributed by atoms with E-state index in [-0.39, 0.29) is 35.8 Å². The summed E-state index contributed by atoms with van der Waals surface area (Å²) < 4.78 is 45.8. The third-order valence-corrected chi connectivity index (χ3v) is 6.05. The Balaban J connectivity index is 1.82. The van der Waals surface area contributed by atoms with Gasteiger partial charge in [-0.15, -0.1) is 0 Å². The largest absolute Gasteiger partial charge is 0.373 e. The van der Waals surface area contributed by atoms with Gasteiger partial charge in [0.25, 0.3) is 5.91 Å². The minimum absolute atomic E-state index is 0.0514. The second-order valence-electron chi connectivity index (χ2n) is 6.57. The van der Waals surface area contributed by atoms with Crippen molar-refractivity contribution in [1.29, 1.82) is 0 Å². The molecule has 0 saturated carbocycles. The molecule has 1 heterocycles. The zero-order valence-corrected chi connectivity index (χ0v) is 15.9. The number of halogens is 1. The maximum atomic E-state index is 13.0. The molecule has 1 amide bonds. The summed E-state index contributed by atoms with van der Waals surface area (Å²) in [5.41, 5.74) is 0.625. The highest BCUT2D eigenvalue weighted by Crippen LogP contribution is 2.22. The van der Waals surface area contributed by atoms with E-state index in [1.807, 2.05) is 13.8 Å². The van der Waals surface area contributed by atoms with E-state index in [4.69, 9.17) is 4.74 Å². The van der Waals surface area contributed by atoms with Gasteiger partial charge in [-0.1, -0.05) is 6.07 Å². The molecule has 2 aromatic rings. The molecule has 2 atom stereocenters.